The summed E-state index contributed by atoms with van der Waals surface area (Å²) < 4.78 is 0. The highest BCUT2D eigenvalue weighted by atomic mass is 35.5. The van der Waals surface area contributed by atoms with Gasteiger partial charge in [-0.1, -0.05) is 61.3 Å². The molecule has 18 heavy (non-hydrogen) atoms. The minimum Gasteiger partial charge on any atom is -0.388 e. The van der Waals surface area contributed by atoms with Crippen LogP contribution in [-0.2, 0) is 0 Å². The third-order valence-electron chi connectivity index (χ3n) is 3.02. The zero-order valence-corrected chi connectivity index (χ0v) is 11.2. The van der Waals surface area contributed by atoms with Crippen LogP contribution in [0.25, 0.3) is 11.1 Å². The summed E-state index contributed by atoms with van der Waals surface area (Å²) in [7, 11) is 0. The van der Waals surface area contributed by atoms with Gasteiger partial charge < -0.3 is 5.11 Å². The Hall–Kier alpha value is -1.31. The Bertz CT molecular complexity index is 522. The molecule has 0 bridgehead atoms. The summed E-state index contributed by atoms with van der Waals surface area (Å²) in [6.07, 6.45) is 1.36. The Morgan fingerprint density at radius 2 is 1.89 bits per heavy atom. The second-order valence-electron chi connectivity index (χ2n) is 4.41. The molecule has 0 unspecified atom stereocenters. The summed E-state index contributed by atoms with van der Waals surface area (Å²) in [6.45, 7) is 2.07. The van der Waals surface area contributed by atoms with Crippen LogP contribution in [0.4, 0.5) is 0 Å². The first-order valence-corrected chi connectivity index (χ1v) is 6.63. The molecule has 2 aromatic carbocycles. The van der Waals surface area contributed by atoms with E-state index in [1.165, 1.54) is 0 Å². The van der Waals surface area contributed by atoms with Crippen molar-refractivity contribution in [2.45, 2.75) is 25.9 Å². The van der Waals surface area contributed by atoms with Gasteiger partial charge in [-0.05, 0) is 29.7 Å². The number of aliphatic hydroxyl groups excluding tert-OH is 1. The topological polar surface area (TPSA) is 20.2 Å². The molecule has 0 aromatic heterocycles. The minimum atomic E-state index is -0.391. The smallest absolute Gasteiger partial charge is 0.0790 e. The van der Waals surface area contributed by atoms with Gasteiger partial charge in [0.2, 0.25) is 0 Å². The average Bonchev–Trinajstić information content (AvgIpc) is 2.40. The van der Waals surface area contributed by atoms with Crippen molar-refractivity contribution in [3.05, 3.63) is 59.1 Å². The van der Waals surface area contributed by atoms with E-state index in [0.29, 0.717) is 0 Å². The molecule has 0 saturated carbocycles. The Kier molecular flexibility index (Phi) is 4.40. The predicted octanol–water partition coefficient (Wildman–Crippen LogP) is 4.84. The van der Waals surface area contributed by atoms with Crippen molar-refractivity contribution in [2.75, 3.05) is 0 Å². The fraction of sp³-hybridized carbons (Fsp3) is 0.250. The largest absolute Gasteiger partial charge is 0.388 e. The van der Waals surface area contributed by atoms with Crippen molar-refractivity contribution in [3.8, 4) is 11.1 Å². The quantitative estimate of drug-likeness (QED) is 0.834. The molecule has 0 spiro atoms. The van der Waals surface area contributed by atoms with Gasteiger partial charge in [-0.3, -0.25) is 0 Å². The lowest BCUT2D eigenvalue weighted by Crippen LogP contribution is -1.96. The average molecular weight is 261 g/mol. The van der Waals surface area contributed by atoms with Crippen LogP contribution in [0.1, 0.15) is 31.4 Å². The van der Waals surface area contributed by atoms with Crippen LogP contribution in [0.15, 0.2) is 48.5 Å². The van der Waals surface area contributed by atoms with Crippen molar-refractivity contribution in [3.63, 3.8) is 0 Å². The maximum absolute atomic E-state index is 10.0. The van der Waals surface area contributed by atoms with Crippen LogP contribution in [0.2, 0.25) is 5.02 Å². The minimum absolute atomic E-state index is 0.391. The summed E-state index contributed by atoms with van der Waals surface area (Å²) >= 11 is 6.19. The van der Waals surface area contributed by atoms with Crippen molar-refractivity contribution in [1.29, 1.82) is 0 Å². The van der Waals surface area contributed by atoms with Crippen LogP contribution < -0.4 is 0 Å². The van der Waals surface area contributed by atoms with E-state index in [9.17, 15) is 5.11 Å². The van der Waals surface area contributed by atoms with Crippen LogP contribution in [0.3, 0.4) is 0 Å². The Morgan fingerprint density at radius 1 is 1.11 bits per heavy atom. The van der Waals surface area contributed by atoms with Gasteiger partial charge in [-0.25, -0.2) is 0 Å². The van der Waals surface area contributed by atoms with Crippen LogP contribution in [-0.4, -0.2) is 5.11 Å². The molecule has 0 aliphatic rings. The van der Waals surface area contributed by atoms with E-state index >= 15 is 0 Å². The second-order valence-corrected chi connectivity index (χ2v) is 4.82. The Morgan fingerprint density at radius 3 is 2.61 bits per heavy atom. The Balaban J connectivity index is 2.36. The highest BCUT2D eigenvalue weighted by Crippen LogP contribution is 2.30. The normalized spacial score (nSPS) is 12.4. The number of halogens is 1. The molecule has 0 aliphatic heterocycles. The van der Waals surface area contributed by atoms with Gasteiger partial charge >= 0.3 is 0 Å². The number of aliphatic hydroxyl groups is 1. The van der Waals surface area contributed by atoms with Gasteiger partial charge in [0.05, 0.1) is 6.10 Å². The van der Waals surface area contributed by atoms with Gasteiger partial charge in [-0.2, -0.15) is 0 Å². The zero-order chi connectivity index (χ0) is 13.0. The number of benzene rings is 2. The van der Waals surface area contributed by atoms with E-state index in [0.717, 1.165) is 34.6 Å². The fourth-order valence-electron chi connectivity index (χ4n) is 2.05. The first-order chi connectivity index (χ1) is 8.72. The molecule has 0 heterocycles. The van der Waals surface area contributed by atoms with E-state index in [4.69, 9.17) is 11.6 Å². The third-order valence-corrected chi connectivity index (χ3v) is 3.35. The van der Waals surface area contributed by atoms with Crippen LogP contribution in [0.5, 0.6) is 0 Å². The molecule has 2 aromatic rings. The molecule has 1 nitrogen and oxygen atoms in total. The lowest BCUT2D eigenvalue weighted by molar-refractivity contribution is 0.166. The van der Waals surface area contributed by atoms with Gasteiger partial charge in [0.15, 0.2) is 0 Å². The monoisotopic (exact) mass is 260 g/mol. The maximum Gasteiger partial charge on any atom is 0.0790 e. The van der Waals surface area contributed by atoms with Gasteiger partial charge in [0.1, 0.15) is 0 Å². The van der Waals surface area contributed by atoms with Gasteiger partial charge in [0, 0.05) is 10.6 Å². The molecule has 0 radical (unpaired) electrons. The highest BCUT2D eigenvalue weighted by molar-refractivity contribution is 6.33. The standard InChI is InChI=1S/C16H17ClO/c1-2-6-16(18)13-8-5-7-12(11-13)14-9-3-4-10-15(14)17/h3-5,7-11,16,18H,2,6H2,1H3/t16-/m0/s1. The number of rotatable bonds is 4. The van der Waals surface area contributed by atoms with E-state index < -0.39 is 6.10 Å². The molecule has 0 fully saturated rings. The molecular weight excluding hydrogens is 244 g/mol. The number of hydrogen-bond donors (Lipinski definition) is 1. The lowest BCUT2D eigenvalue weighted by Gasteiger charge is -2.12. The van der Waals surface area contributed by atoms with E-state index in [-0.39, 0.29) is 0 Å². The zero-order valence-electron chi connectivity index (χ0n) is 10.4. The molecule has 94 valence electrons. The second kappa shape index (κ2) is 6.03. The summed E-state index contributed by atoms with van der Waals surface area (Å²) in [5.74, 6) is 0. The summed E-state index contributed by atoms with van der Waals surface area (Å²) in [5, 5.41) is 10.8. The molecule has 2 rings (SSSR count). The summed E-state index contributed by atoms with van der Waals surface area (Å²) in [5.41, 5.74) is 3.01. The van der Waals surface area contributed by atoms with Crippen LogP contribution >= 0.6 is 11.6 Å². The van der Waals surface area contributed by atoms with Gasteiger partial charge in [0.25, 0.3) is 0 Å². The highest BCUT2D eigenvalue weighted by Gasteiger charge is 2.08. The van der Waals surface area contributed by atoms with Crippen molar-refractivity contribution >= 4 is 11.6 Å². The van der Waals surface area contributed by atoms with Crippen LogP contribution in [0, 0.1) is 0 Å². The van der Waals surface area contributed by atoms with Crippen molar-refractivity contribution < 1.29 is 5.11 Å². The van der Waals surface area contributed by atoms with E-state index in [1.54, 1.807) is 0 Å². The molecular formula is C16H17ClO. The maximum atomic E-state index is 10.0. The van der Waals surface area contributed by atoms with Crippen molar-refractivity contribution in [2.24, 2.45) is 0 Å². The third kappa shape index (κ3) is 2.92. The van der Waals surface area contributed by atoms with E-state index in [2.05, 4.69) is 6.92 Å². The SMILES string of the molecule is CCC[C@H](O)c1cccc(-c2ccccc2Cl)c1. The summed E-state index contributed by atoms with van der Waals surface area (Å²) in [4.78, 5) is 0. The fourth-order valence-corrected chi connectivity index (χ4v) is 2.29. The van der Waals surface area contributed by atoms with E-state index in [1.807, 2.05) is 48.5 Å². The molecule has 0 aliphatic carbocycles. The molecule has 2 heteroatoms. The first kappa shape index (κ1) is 13.1. The molecule has 0 saturated heterocycles. The Labute approximate surface area is 113 Å². The summed E-state index contributed by atoms with van der Waals surface area (Å²) in [6, 6.07) is 15.7. The first-order valence-electron chi connectivity index (χ1n) is 6.25. The molecule has 0 amide bonds. The lowest BCUT2D eigenvalue weighted by atomic mass is 9.99. The van der Waals surface area contributed by atoms with Gasteiger partial charge in [-0.15, -0.1) is 0 Å². The molecule has 1 N–H and O–H groups in total. The predicted molar refractivity (Wildman–Crippen MR) is 76.8 cm³/mol. The molecule has 1 atom stereocenters. The van der Waals surface area contributed by atoms with Crippen molar-refractivity contribution in [1.82, 2.24) is 0 Å². The number of hydrogen-bond acceptors (Lipinski definition) is 1.